The molecule has 6 nitrogen and oxygen atoms in total. The van der Waals surface area contributed by atoms with Gasteiger partial charge in [-0.25, -0.2) is 0 Å². The van der Waals surface area contributed by atoms with E-state index >= 15 is 0 Å². The van der Waals surface area contributed by atoms with E-state index in [1.54, 1.807) is 0 Å². The van der Waals surface area contributed by atoms with Crippen LogP contribution in [0.1, 0.15) is 32.8 Å². The third kappa shape index (κ3) is 4.56. The van der Waals surface area contributed by atoms with Crippen molar-refractivity contribution in [2.24, 2.45) is 0 Å². The first-order valence-electron chi connectivity index (χ1n) is 8.68. The van der Waals surface area contributed by atoms with Gasteiger partial charge in [-0.3, -0.25) is 19.8 Å². The van der Waals surface area contributed by atoms with Crippen LogP contribution in [0.15, 0.2) is 23.8 Å². The number of amides is 2. The maximum Gasteiger partial charge on any atom is 0.240 e. The van der Waals surface area contributed by atoms with Gasteiger partial charge in [0.05, 0.1) is 25.2 Å². The van der Waals surface area contributed by atoms with Gasteiger partial charge in [-0.05, 0) is 51.0 Å². The summed E-state index contributed by atoms with van der Waals surface area (Å²) < 4.78 is 5.59. The topological polar surface area (TPSA) is 70.7 Å². The molecule has 142 valence electrons. The van der Waals surface area contributed by atoms with Crippen molar-refractivity contribution in [1.29, 1.82) is 0 Å². The van der Waals surface area contributed by atoms with E-state index in [-0.39, 0.29) is 42.8 Å². The van der Waals surface area contributed by atoms with Crippen molar-refractivity contribution < 1.29 is 14.3 Å². The van der Waals surface area contributed by atoms with Crippen molar-refractivity contribution >= 4 is 36.0 Å². The van der Waals surface area contributed by atoms with Gasteiger partial charge in [0, 0.05) is 17.8 Å². The number of carbonyl (C=O) groups excluding carboxylic acids is 2. The van der Waals surface area contributed by atoms with Crippen LogP contribution in [-0.2, 0) is 9.59 Å². The van der Waals surface area contributed by atoms with E-state index in [4.69, 9.17) is 4.74 Å². The largest absolute Gasteiger partial charge is 0.494 e. The van der Waals surface area contributed by atoms with Gasteiger partial charge in [-0.2, -0.15) is 0 Å². The molecule has 2 aliphatic rings. The first kappa shape index (κ1) is 20.3. The van der Waals surface area contributed by atoms with Crippen LogP contribution in [0.3, 0.4) is 0 Å². The van der Waals surface area contributed by atoms with Crippen LogP contribution < -0.4 is 15.4 Å². The Bertz CT molecular complexity index is 715. The number of ether oxygens (including phenoxy) is 1. The molecule has 0 bridgehead atoms. The summed E-state index contributed by atoms with van der Waals surface area (Å²) in [4.78, 5) is 24.9. The number of nitrogens with zero attached hydrogens (tertiary/aromatic N) is 1. The van der Waals surface area contributed by atoms with Gasteiger partial charge in [0.2, 0.25) is 11.8 Å². The molecule has 7 heteroatoms. The van der Waals surface area contributed by atoms with E-state index in [0.717, 1.165) is 23.4 Å². The van der Waals surface area contributed by atoms with E-state index in [9.17, 15) is 9.59 Å². The van der Waals surface area contributed by atoms with E-state index in [1.165, 1.54) is 5.57 Å². The lowest BCUT2D eigenvalue weighted by Gasteiger charge is -2.36. The minimum Gasteiger partial charge on any atom is -0.494 e. The summed E-state index contributed by atoms with van der Waals surface area (Å²) in [6.07, 6.45) is 2.99. The molecule has 2 heterocycles. The zero-order valence-corrected chi connectivity index (χ0v) is 16.2. The van der Waals surface area contributed by atoms with Crippen LogP contribution in [0.25, 0.3) is 6.08 Å². The fourth-order valence-corrected chi connectivity index (χ4v) is 3.33. The predicted octanol–water partition coefficient (Wildman–Crippen LogP) is 2.44. The van der Waals surface area contributed by atoms with E-state index in [1.807, 2.05) is 30.0 Å². The summed E-state index contributed by atoms with van der Waals surface area (Å²) in [5.41, 5.74) is 3.26. The van der Waals surface area contributed by atoms with Gasteiger partial charge < -0.3 is 10.1 Å². The van der Waals surface area contributed by atoms with Gasteiger partial charge >= 0.3 is 0 Å². The second-order valence-electron chi connectivity index (χ2n) is 7.03. The van der Waals surface area contributed by atoms with Crippen LogP contribution >= 0.6 is 12.4 Å². The van der Waals surface area contributed by atoms with Gasteiger partial charge in [-0.1, -0.05) is 6.08 Å². The molecule has 1 aromatic carbocycles. The Kier molecular flexibility index (Phi) is 6.31. The Labute approximate surface area is 160 Å². The highest BCUT2D eigenvalue weighted by Gasteiger charge is 2.29. The monoisotopic (exact) mass is 379 g/mol. The van der Waals surface area contributed by atoms with Crippen molar-refractivity contribution in [1.82, 2.24) is 10.2 Å². The Balaban J connectivity index is 0.00000243. The van der Waals surface area contributed by atoms with Gasteiger partial charge in [0.25, 0.3) is 0 Å². The minimum absolute atomic E-state index is 0. The zero-order valence-electron chi connectivity index (χ0n) is 15.4. The minimum atomic E-state index is -0.224. The first-order chi connectivity index (χ1) is 11.9. The lowest BCUT2D eigenvalue weighted by Crippen LogP contribution is -2.51. The quantitative estimate of drug-likeness (QED) is 0.769. The zero-order chi connectivity index (χ0) is 18.0. The Morgan fingerprint density at radius 2 is 1.88 bits per heavy atom. The molecular weight excluding hydrogens is 354 g/mol. The highest BCUT2D eigenvalue weighted by Crippen LogP contribution is 2.36. The molecule has 3 rings (SSSR count). The predicted molar refractivity (Wildman–Crippen MR) is 105 cm³/mol. The number of rotatable bonds is 5. The molecule has 0 aliphatic carbocycles. The number of nitrogens with one attached hydrogen (secondary N) is 2. The normalized spacial score (nSPS) is 18.8. The van der Waals surface area contributed by atoms with Crippen LogP contribution in [-0.4, -0.2) is 48.5 Å². The molecule has 1 saturated heterocycles. The molecule has 0 saturated carbocycles. The summed E-state index contributed by atoms with van der Waals surface area (Å²) in [5, 5.41) is 5.91. The average Bonchev–Trinajstić information content (AvgIpc) is 2.52. The average molecular weight is 380 g/mol. The van der Waals surface area contributed by atoms with E-state index in [2.05, 4.69) is 30.6 Å². The second kappa shape index (κ2) is 8.10. The lowest BCUT2D eigenvalue weighted by molar-refractivity contribution is -0.135. The Morgan fingerprint density at radius 1 is 1.19 bits per heavy atom. The Morgan fingerprint density at radius 3 is 2.54 bits per heavy atom. The van der Waals surface area contributed by atoms with Crippen molar-refractivity contribution in [3.8, 4) is 5.75 Å². The third-order valence-electron chi connectivity index (χ3n) is 4.62. The molecule has 1 aromatic rings. The number of hydrogen-bond acceptors (Lipinski definition) is 5. The molecular formula is C19H26ClN3O3. The summed E-state index contributed by atoms with van der Waals surface area (Å²) in [6.45, 7) is 8.13. The molecule has 0 aromatic heterocycles. The third-order valence-corrected chi connectivity index (χ3v) is 4.62. The van der Waals surface area contributed by atoms with Gasteiger partial charge in [-0.15, -0.1) is 12.4 Å². The Hall–Kier alpha value is -2.05. The smallest absolute Gasteiger partial charge is 0.240 e. The van der Waals surface area contributed by atoms with Crippen molar-refractivity contribution in [2.45, 2.75) is 32.7 Å². The second-order valence-corrected chi connectivity index (χ2v) is 7.03. The van der Waals surface area contributed by atoms with Gasteiger partial charge in [0.15, 0.2) is 0 Å². The molecule has 0 spiro atoms. The molecule has 2 aliphatic heterocycles. The van der Waals surface area contributed by atoms with Crippen LogP contribution in [0.4, 0.5) is 5.69 Å². The number of hydrogen-bond donors (Lipinski definition) is 2. The lowest BCUT2D eigenvalue weighted by atomic mass is 9.85. The maximum absolute atomic E-state index is 11.5. The van der Waals surface area contributed by atoms with Crippen molar-refractivity contribution in [3.63, 3.8) is 0 Å². The summed E-state index contributed by atoms with van der Waals surface area (Å²) in [5.74, 6) is 0.410. The fraction of sp³-hybridized carbons (Fsp3) is 0.474. The molecule has 0 atom stereocenters. The summed E-state index contributed by atoms with van der Waals surface area (Å²) in [6, 6.07) is 6.06. The van der Waals surface area contributed by atoms with Crippen LogP contribution in [0.5, 0.6) is 5.75 Å². The number of benzene rings is 1. The highest BCUT2D eigenvalue weighted by atomic mass is 35.5. The fourth-order valence-electron chi connectivity index (χ4n) is 3.33. The molecule has 2 amide bonds. The van der Waals surface area contributed by atoms with Crippen LogP contribution in [0.2, 0.25) is 0 Å². The highest BCUT2D eigenvalue weighted by molar-refractivity contribution is 5.99. The standard InChI is InChI=1S/C19H25N3O3.ClH/c1-4-25-15-5-6-16-13(10-15)9-14(19(2,3)21-16)7-8-22-11-17(23)20-18(24)12-22;/h5-6,9-10,21H,4,7-8,11-12H2,1-3H3,(H,20,23,24);1H. The number of imide groups is 1. The first-order valence-corrected chi connectivity index (χ1v) is 8.68. The summed E-state index contributed by atoms with van der Waals surface area (Å²) in [7, 11) is 0. The number of fused-ring (bicyclic) bond motifs is 1. The number of carbonyl (C=O) groups is 2. The number of halogens is 1. The van der Waals surface area contributed by atoms with Crippen LogP contribution in [0, 0.1) is 0 Å². The number of piperazine rings is 1. The van der Waals surface area contributed by atoms with Crippen molar-refractivity contribution in [3.05, 3.63) is 29.3 Å². The van der Waals surface area contributed by atoms with Gasteiger partial charge in [0.1, 0.15) is 5.75 Å². The summed E-state index contributed by atoms with van der Waals surface area (Å²) >= 11 is 0. The molecule has 0 unspecified atom stereocenters. The van der Waals surface area contributed by atoms with Crippen molar-refractivity contribution in [2.75, 3.05) is 31.6 Å². The maximum atomic E-state index is 11.5. The molecule has 1 fully saturated rings. The number of anilines is 1. The van der Waals surface area contributed by atoms with E-state index in [0.29, 0.717) is 13.2 Å². The SMILES string of the molecule is CCOc1ccc2c(c1)C=C(CCN1CC(=O)NC(=O)C1)C(C)(C)N2.Cl. The molecule has 26 heavy (non-hydrogen) atoms. The molecule has 0 radical (unpaired) electrons. The van der Waals surface area contributed by atoms with E-state index < -0.39 is 0 Å². The molecule has 2 N–H and O–H groups in total.